The van der Waals surface area contributed by atoms with E-state index in [1.165, 1.54) is 25.7 Å². The summed E-state index contributed by atoms with van der Waals surface area (Å²) in [7, 11) is 0. The third kappa shape index (κ3) is 0.967. The zero-order valence-corrected chi connectivity index (χ0v) is 8.83. The summed E-state index contributed by atoms with van der Waals surface area (Å²) in [6.45, 7) is 9.49. The van der Waals surface area contributed by atoms with E-state index in [2.05, 4.69) is 27.7 Å². The monoisotopic (exact) mass is 164 g/mol. The summed E-state index contributed by atoms with van der Waals surface area (Å²) in [4.78, 5) is 0. The highest BCUT2D eigenvalue weighted by molar-refractivity contribution is 5.31. The van der Waals surface area contributed by atoms with Gasteiger partial charge in [-0.05, 0) is 50.4 Å². The molecule has 0 unspecified atom stereocenters. The summed E-state index contributed by atoms with van der Waals surface area (Å²) in [5.74, 6) is 0. The maximum absolute atomic E-state index is 2.39. The first-order valence-electron chi connectivity index (χ1n) is 5.16. The fraction of sp³-hybridized carbons (Fsp3) is 0.833. The van der Waals surface area contributed by atoms with Crippen LogP contribution in [0.15, 0.2) is 11.1 Å². The minimum atomic E-state index is 0.484. The molecule has 0 N–H and O–H groups in total. The van der Waals surface area contributed by atoms with Crippen LogP contribution in [0, 0.1) is 10.8 Å². The Morgan fingerprint density at radius 1 is 0.833 bits per heavy atom. The Hall–Kier alpha value is -0.260. The van der Waals surface area contributed by atoms with Crippen molar-refractivity contribution in [1.29, 1.82) is 0 Å². The first kappa shape index (κ1) is 8.34. The van der Waals surface area contributed by atoms with Gasteiger partial charge in [-0.15, -0.1) is 0 Å². The molecule has 1 spiro atoms. The second-order valence-corrected chi connectivity index (χ2v) is 5.41. The van der Waals surface area contributed by atoms with Crippen LogP contribution in [0.1, 0.15) is 53.4 Å². The van der Waals surface area contributed by atoms with Crippen LogP contribution in [0.4, 0.5) is 0 Å². The van der Waals surface area contributed by atoms with Crippen LogP contribution < -0.4 is 0 Å². The third-order valence-electron chi connectivity index (χ3n) is 4.46. The van der Waals surface area contributed by atoms with Crippen molar-refractivity contribution in [2.24, 2.45) is 10.8 Å². The smallest absolute Gasteiger partial charge is 0.00871 e. The van der Waals surface area contributed by atoms with Gasteiger partial charge in [0.2, 0.25) is 0 Å². The van der Waals surface area contributed by atoms with Crippen LogP contribution >= 0.6 is 0 Å². The average molecular weight is 164 g/mol. The lowest BCUT2D eigenvalue weighted by molar-refractivity contribution is 0.311. The third-order valence-corrected chi connectivity index (χ3v) is 4.46. The van der Waals surface area contributed by atoms with Gasteiger partial charge < -0.3 is 0 Å². The molecule has 0 aromatic heterocycles. The van der Waals surface area contributed by atoms with Gasteiger partial charge in [-0.3, -0.25) is 0 Å². The molecule has 0 aliphatic heterocycles. The molecule has 0 saturated heterocycles. The molecule has 0 aromatic carbocycles. The second-order valence-electron chi connectivity index (χ2n) is 5.41. The molecule has 2 rings (SSSR count). The van der Waals surface area contributed by atoms with Crippen molar-refractivity contribution >= 4 is 0 Å². The highest BCUT2D eigenvalue weighted by Crippen LogP contribution is 2.61. The fourth-order valence-electron chi connectivity index (χ4n) is 2.61. The molecule has 1 fully saturated rings. The van der Waals surface area contributed by atoms with E-state index in [0.717, 1.165) is 0 Å². The maximum Gasteiger partial charge on any atom is -0.00871 e. The Kier molecular flexibility index (Phi) is 1.50. The van der Waals surface area contributed by atoms with Gasteiger partial charge in [0.05, 0.1) is 0 Å². The van der Waals surface area contributed by atoms with E-state index in [1.807, 2.05) is 0 Å². The van der Waals surface area contributed by atoms with E-state index in [0.29, 0.717) is 10.8 Å². The molecule has 68 valence electrons. The Bertz CT molecular complexity index is 225. The normalized spacial score (nSPS) is 31.0. The predicted octanol–water partition coefficient (Wildman–Crippen LogP) is 3.92. The van der Waals surface area contributed by atoms with Crippen molar-refractivity contribution in [3.8, 4) is 0 Å². The number of rotatable bonds is 0. The van der Waals surface area contributed by atoms with E-state index in [1.54, 1.807) is 11.1 Å². The van der Waals surface area contributed by atoms with Gasteiger partial charge in [-0.2, -0.15) is 0 Å². The van der Waals surface area contributed by atoms with Crippen molar-refractivity contribution < 1.29 is 0 Å². The molecule has 2 aliphatic carbocycles. The SMILES string of the molecule is CC1=C(C)C2(CCC1(C)C)CC2. The molecule has 0 heterocycles. The molecule has 0 atom stereocenters. The predicted molar refractivity (Wildman–Crippen MR) is 53.1 cm³/mol. The minimum absolute atomic E-state index is 0.484. The Balaban J connectivity index is 2.39. The highest BCUT2D eigenvalue weighted by Gasteiger charge is 2.48. The van der Waals surface area contributed by atoms with Crippen molar-refractivity contribution in [2.75, 3.05) is 0 Å². The highest BCUT2D eigenvalue weighted by atomic mass is 14.5. The summed E-state index contributed by atoms with van der Waals surface area (Å²) in [6, 6.07) is 0. The van der Waals surface area contributed by atoms with Crippen LogP contribution in [-0.4, -0.2) is 0 Å². The molecule has 12 heavy (non-hydrogen) atoms. The molecule has 0 nitrogen and oxygen atoms in total. The number of hydrogen-bond donors (Lipinski definition) is 0. The number of hydrogen-bond acceptors (Lipinski definition) is 0. The van der Waals surface area contributed by atoms with Crippen LogP contribution in [0.3, 0.4) is 0 Å². The zero-order chi connectivity index (χ0) is 8.98. The van der Waals surface area contributed by atoms with Gasteiger partial charge in [0, 0.05) is 0 Å². The van der Waals surface area contributed by atoms with E-state index in [4.69, 9.17) is 0 Å². The zero-order valence-electron chi connectivity index (χ0n) is 8.83. The summed E-state index contributed by atoms with van der Waals surface area (Å²) in [5.41, 5.74) is 4.57. The number of allylic oxidation sites excluding steroid dienone is 2. The Morgan fingerprint density at radius 2 is 1.33 bits per heavy atom. The van der Waals surface area contributed by atoms with Gasteiger partial charge in [-0.25, -0.2) is 0 Å². The van der Waals surface area contributed by atoms with Crippen molar-refractivity contribution in [3.05, 3.63) is 11.1 Å². The van der Waals surface area contributed by atoms with Gasteiger partial charge >= 0.3 is 0 Å². The van der Waals surface area contributed by atoms with Gasteiger partial charge in [0.1, 0.15) is 0 Å². The van der Waals surface area contributed by atoms with Crippen LogP contribution in [-0.2, 0) is 0 Å². The average Bonchev–Trinajstić information content (AvgIpc) is 2.77. The summed E-state index contributed by atoms with van der Waals surface area (Å²) >= 11 is 0. The largest absolute Gasteiger partial charge is 0.0682 e. The maximum atomic E-state index is 2.39. The molecule has 1 saturated carbocycles. The molecule has 2 aliphatic rings. The Labute approximate surface area is 76.1 Å². The second kappa shape index (κ2) is 2.16. The first-order valence-corrected chi connectivity index (χ1v) is 5.16. The molecule has 0 amide bonds. The molecule has 0 heteroatoms. The van der Waals surface area contributed by atoms with Gasteiger partial charge in [-0.1, -0.05) is 25.0 Å². The van der Waals surface area contributed by atoms with Crippen molar-refractivity contribution in [3.63, 3.8) is 0 Å². The molecule has 0 radical (unpaired) electrons. The summed E-state index contributed by atoms with van der Waals surface area (Å²) < 4.78 is 0. The van der Waals surface area contributed by atoms with E-state index in [-0.39, 0.29) is 0 Å². The van der Waals surface area contributed by atoms with E-state index >= 15 is 0 Å². The lowest BCUT2D eigenvalue weighted by atomic mass is 9.68. The van der Waals surface area contributed by atoms with E-state index in [9.17, 15) is 0 Å². The minimum Gasteiger partial charge on any atom is -0.0682 e. The van der Waals surface area contributed by atoms with Crippen molar-refractivity contribution in [2.45, 2.75) is 53.4 Å². The lowest BCUT2D eigenvalue weighted by Crippen LogP contribution is -2.24. The molecule has 0 bridgehead atoms. The Morgan fingerprint density at radius 3 is 1.83 bits per heavy atom. The van der Waals surface area contributed by atoms with Crippen LogP contribution in [0.5, 0.6) is 0 Å². The van der Waals surface area contributed by atoms with Gasteiger partial charge in [0.15, 0.2) is 0 Å². The molecular formula is C12H20. The van der Waals surface area contributed by atoms with Crippen LogP contribution in [0.25, 0.3) is 0 Å². The van der Waals surface area contributed by atoms with E-state index < -0.39 is 0 Å². The quantitative estimate of drug-likeness (QED) is 0.476. The molecular weight excluding hydrogens is 144 g/mol. The van der Waals surface area contributed by atoms with Crippen LogP contribution in [0.2, 0.25) is 0 Å². The summed E-state index contributed by atoms with van der Waals surface area (Å²) in [6.07, 6.45) is 5.78. The fourth-order valence-corrected chi connectivity index (χ4v) is 2.61. The lowest BCUT2D eigenvalue weighted by Gasteiger charge is -2.37. The first-order chi connectivity index (χ1) is 5.48. The van der Waals surface area contributed by atoms with Gasteiger partial charge in [0.25, 0.3) is 0 Å². The summed E-state index contributed by atoms with van der Waals surface area (Å²) in [5, 5.41) is 0. The van der Waals surface area contributed by atoms with Crippen molar-refractivity contribution in [1.82, 2.24) is 0 Å². The molecule has 0 aromatic rings. The topological polar surface area (TPSA) is 0 Å². The standard InChI is InChI=1S/C12H20/c1-9-10(2)12(7-8-12)6-5-11(9,3)4/h5-8H2,1-4H3.